The maximum absolute atomic E-state index is 4.98. The molecule has 0 bridgehead atoms. The van der Waals surface area contributed by atoms with Crippen LogP contribution in [0.25, 0.3) is 0 Å². The number of nitrogens with zero attached hydrogens (tertiary/aromatic N) is 8. The first-order valence-corrected chi connectivity index (χ1v) is 16.4. The summed E-state index contributed by atoms with van der Waals surface area (Å²) >= 11 is 9.96. The van der Waals surface area contributed by atoms with E-state index in [-0.39, 0.29) is 17.1 Å². The predicted molar refractivity (Wildman–Crippen MR) is 153 cm³/mol. The van der Waals surface area contributed by atoms with Crippen molar-refractivity contribution in [1.29, 1.82) is 0 Å². The summed E-state index contributed by atoms with van der Waals surface area (Å²) in [6.07, 6.45) is 3.44. The van der Waals surface area contributed by atoms with Crippen LogP contribution in [0.5, 0.6) is 0 Å². The normalized spacial score (nSPS) is 12.7. The minimum Gasteiger partial charge on any atom is 3.00 e. The number of hydrogen-bond donors (Lipinski definition) is 0. The number of halogens is 4. The summed E-state index contributed by atoms with van der Waals surface area (Å²) < 4.78 is 0. The minimum atomic E-state index is -2.61. The second-order valence-electron chi connectivity index (χ2n) is 6.66. The molecule has 0 aliphatic carbocycles. The van der Waals surface area contributed by atoms with E-state index in [4.69, 9.17) is 65.6 Å². The smallest absolute Gasteiger partial charge is 3.00 e. The third kappa shape index (κ3) is 20.3. The van der Waals surface area contributed by atoms with Gasteiger partial charge in [0.15, 0.2) is 0 Å². The summed E-state index contributed by atoms with van der Waals surface area (Å²) in [6, 6.07) is 11.3. The molecule has 2 aromatic heterocycles. The van der Waals surface area contributed by atoms with Crippen LogP contribution >= 0.6 is 40.4 Å². The molecular weight excluding hydrogens is 670 g/mol. The molecule has 0 atom stereocenters. The molecular formula is C20H26Cl4Fe2N8S2. The zero-order chi connectivity index (χ0) is 27.0. The van der Waals surface area contributed by atoms with Crippen LogP contribution in [0.2, 0.25) is 0 Å². The van der Waals surface area contributed by atoms with Crippen molar-refractivity contribution in [2.45, 2.75) is 13.8 Å². The van der Waals surface area contributed by atoms with Crippen molar-refractivity contribution in [2.75, 3.05) is 28.2 Å². The molecule has 8 nitrogen and oxygen atoms in total. The molecule has 36 heavy (non-hydrogen) atoms. The Balaban J connectivity index is 0. The van der Waals surface area contributed by atoms with Crippen molar-refractivity contribution in [1.82, 2.24) is 19.8 Å². The summed E-state index contributed by atoms with van der Waals surface area (Å²) in [6.45, 7) is 3.70. The Morgan fingerprint density at radius 1 is 0.694 bits per heavy atom. The first-order chi connectivity index (χ1) is 16.2. The molecule has 0 fully saturated rings. The van der Waals surface area contributed by atoms with Gasteiger partial charge in [-0.15, -0.1) is 0 Å². The average molecular weight is 696 g/mol. The van der Waals surface area contributed by atoms with Crippen LogP contribution in [-0.2, 0) is 51.5 Å². The van der Waals surface area contributed by atoms with Gasteiger partial charge in [0, 0.05) is 50.9 Å². The van der Waals surface area contributed by atoms with Crippen molar-refractivity contribution in [3.8, 4) is 0 Å². The van der Waals surface area contributed by atoms with Gasteiger partial charge < -0.3 is 35.1 Å². The molecule has 0 aromatic carbocycles. The van der Waals surface area contributed by atoms with Crippen LogP contribution in [0, 0.1) is 0 Å². The average Bonchev–Trinajstić information content (AvgIpc) is 2.80. The molecule has 0 saturated carbocycles. The van der Waals surface area contributed by atoms with Crippen LogP contribution in [0.15, 0.2) is 69.2 Å². The van der Waals surface area contributed by atoms with Gasteiger partial charge in [-0.3, -0.25) is 9.97 Å². The third-order valence-electron chi connectivity index (χ3n) is 3.41. The predicted octanol–water partition coefficient (Wildman–Crippen LogP) is 5.29. The van der Waals surface area contributed by atoms with E-state index in [1.165, 1.54) is 0 Å². The summed E-state index contributed by atoms with van der Waals surface area (Å²) in [5.74, 6) is 0. The minimum absolute atomic E-state index is 0. The largest absolute Gasteiger partial charge is 3.00 e. The molecule has 2 aromatic rings. The number of rotatable bonds is 4. The van der Waals surface area contributed by atoms with Gasteiger partial charge in [0.25, 0.3) is 0 Å². The quantitative estimate of drug-likeness (QED) is 0.142. The first-order valence-electron chi connectivity index (χ1n) is 9.51. The standard InChI is InChI=1S/2C10H14N4S.4ClH.2Fe/c2*1-8(9-6-4-5-7-11-9)12-13-10(15)14(2)3;;;;;;/h2*4-7H,1-3H3,(H,13,15);4*1H;;/q;;;;;;2*+3/p-6/b2*12-8+;;;;;;. The molecule has 0 saturated heterocycles. The summed E-state index contributed by atoms with van der Waals surface area (Å²) in [5.41, 5.74) is 3.12. The molecule has 0 unspecified atom stereocenters. The Labute approximate surface area is 254 Å². The van der Waals surface area contributed by atoms with Gasteiger partial charge in [-0.1, -0.05) is 12.1 Å². The Morgan fingerprint density at radius 3 is 1.22 bits per heavy atom. The van der Waals surface area contributed by atoms with Gasteiger partial charge >= 0.3 is 66.7 Å². The first kappa shape index (κ1) is 37.4. The Bertz CT molecular complexity index is 922. The van der Waals surface area contributed by atoms with Crippen LogP contribution in [-0.4, -0.2) is 69.7 Å². The van der Waals surface area contributed by atoms with E-state index in [0.717, 1.165) is 22.8 Å². The van der Waals surface area contributed by atoms with Crippen molar-refractivity contribution in [3.63, 3.8) is 0 Å². The topological polar surface area (TPSA) is 81.7 Å². The van der Waals surface area contributed by atoms with Crippen LogP contribution in [0.4, 0.5) is 0 Å². The zero-order valence-electron chi connectivity index (χ0n) is 20.2. The Morgan fingerprint density at radius 2 is 1.00 bits per heavy atom. The summed E-state index contributed by atoms with van der Waals surface area (Å²) in [5, 5.41) is 16.7. The van der Waals surface area contributed by atoms with Gasteiger partial charge in [0.05, 0.1) is 22.8 Å². The number of aromatic nitrogens is 2. The van der Waals surface area contributed by atoms with Gasteiger partial charge in [0.1, 0.15) is 0 Å². The maximum Gasteiger partial charge on any atom is 3.00 e. The summed E-state index contributed by atoms with van der Waals surface area (Å²) in [4.78, 5) is 11.8. The summed E-state index contributed by atoms with van der Waals surface area (Å²) in [7, 11) is 24.5. The third-order valence-corrected chi connectivity index (χ3v) is 4.30. The van der Waals surface area contributed by atoms with Crippen LogP contribution < -0.4 is 0 Å². The van der Waals surface area contributed by atoms with E-state index in [0.29, 0.717) is 10.3 Å². The molecule has 16 heteroatoms. The number of hydrogen-bond acceptors (Lipinski definition) is 8. The van der Waals surface area contributed by atoms with Crippen molar-refractivity contribution < 1.29 is 26.3 Å². The molecule has 1 radical (unpaired) electrons. The molecule has 0 amide bonds. The van der Waals surface area contributed by atoms with E-state index in [9.17, 15) is 0 Å². The molecule has 0 spiro atoms. The van der Waals surface area contributed by atoms with Crippen LogP contribution in [0.3, 0.4) is 0 Å². The van der Waals surface area contributed by atoms with E-state index in [1.807, 2.05) is 78.4 Å². The molecule has 0 aliphatic heterocycles. The van der Waals surface area contributed by atoms with Crippen molar-refractivity contribution in [2.24, 2.45) is 20.4 Å². The second-order valence-corrected chi connectivity index (χ2v) is 18.3. The fourth-order valence-electron chi connectivity index (χ4n) is 1.67. The van der Waals surface area contributed by atoms with Crippen LogP contribution in [0.1, 0.15) is 25.2 Å². The molecule has 2 rings (SSSR count). The van der Waals surface area contributed by atoms with Crippen molar-refractivity contribution in [3.05, 3.63) is 60.2 Å². The number of pyridine rings is 2. The van der Waals surface area contributed by atoms with E-state index in [2.05, 4.69) is 30.4 Å². The monoisotopic (exact) mass is 694 g/mol. The van der Waals surface area contributed by atoms with E-state index >= 15 is 0 Å². The SMILES string of the molecule is C/C(=N\N=C(/[S-])N(C)C)c1ccccn1.C/C(=N\N=C(/[S-])N(C)C)c1ccccn1.[Cl][Fe-]([Cl])([Cl])[Cl].[Fe+3]. The molecule has 0 aliphatic rings. The van der Waals surface area contributed by atoms with Gasteiger partial charge in [-0.05, 0) is 38.1 Å². The molecule has 2 heterocycles. The van der Waals surface area contributed by atoms with Crippen molar-refractivity contribution >= 4 is 87.4 Å². The molecule has 202 valence electrons. The van der Waals surface area contributed by atoms with E-state index < -0.39 is 9.20 Å². The molecule has 0 N–H and O–H groups in total. The maximum atomic E-state index is 4.98. The Kier molecular flexibility index (Phi) is 21.0. The van der Waals surface area contributed by atoms with E-state index in [1.54, 1.807) is 22.2 Å². The van der Waals surface area contributed by atoms with Gasteiger partial charge in [0.2, 0.25) is 0 Å². The van der Waals surface area contributed by atoms with Gasteiger partial charge in [-0.25, -0.2) is 0 Å². The second kappa shape index (κ2) is 20.2. The fraction of sp³-hybridized carbons (Fsp3) is 0.300. The number of amidine groups is 2. The zero-order valence-corrected chi connectivity index (χ0v) is 27.1. The Hall–Kier alpha value is -0.781. The van der Waals surface area contributed by atoms with Gasteiger partial charge in [-0.2, -0.15) is 20.4 Å². The fourth-order valence-corrected chi connectivity index (χ4v) is 1.75.